The maximum absolute atomic E-state index is 12.5. The van der Waals surface area contributed by atoms with E-state index in [4.69, 9.17) is 23.2 Å². The predicted molar refractivity (Wildman–Crippen MR) is 132 cm³/mol. The Morgan fingerprint density at radius 2 is 1.81 bits per heavy atom. The number of thioether (sulfide) groups is 1. The number of nitrogens with zero attached hydrogens (tertiary/aromatic N) is 2. The molecule has 0 spiro atoms. The molecule has 0 bridgehead atoms. The zero-order valence-corrected chi connectivity index (χ0v) is 19.9. The lowest BCUT2D eigenvalue weighted by Gasteiger charge is -2.13. The maximum Gasteiger partial charge on any atom is 0.264 e. The van der Waals surface area contributed by atoms with Crippen LogP contribution in [0.4, 0.5) is 5.69 Å². The van der Waals surface area contributed by atoms with Gasteiger partial charge in [0.25, 0.3) is 5.91 Å². The fraction of sp³-hybridized carbons (Fsp3) is 0.167. The number of aliphatic imine (C=N–C) groups is 1. The zero-order valence-electron chi connectivity index (χ0n) is 17.6. The Labute approximate surface area is 196 Å². The summed E-state index contributed by atoms with van der Waals surface area (Å²) in [5, 5.41) is 4.75. The number of nitrogens with one attached hydrogen (secondary N) is 1. The van der Waals surface area contributed by atoms with Gasteiger partial charge in [-0.1, -0.05) is 35.3 Å². The first-order valence-electron chi connectivity index (χ1n) is 9.75. The number of carbonyl (C=O) groups excluding carboxylic acids is 1. The lowest BCUT2D eigenvalue weighted by atomic mass is 10.2. The average Bonchev–Trinajstić information content (AvgIpc) is 3.19. The lowest BCUT2D eigenvalue weighted by molar-refractivity contribution is -0.115. The number of aromatic nitrogens is 1. The van der Waals surface area contributed by atoms with Gasteiger partial charge in [-0.2, -0.15) is 0 Å². The van der Waals surface area contributed by atoms with E-state index in [-0.39, 0.29) is 5.91 Å². The van der Waals surface area contributed by atoms with E-state index in [1.807, 2.05) is 64.1 Å². The highest BCUT2D eigenvalue weighted by atomic mass is 35.5. The van der Waals surface area contributed by atoms with E-state index in [1.54, 1.807) is 6.07 Å². The fourth-order valence-electron chi connectivity index (χ4n) is 3.53. The molecule has 158 valence electrons. The highest BCUT2D eigenvalue weighted by Gasteiger charge is 2.25. The fourth-order valence-corrected chi connectivity index (χ4v) is 4.71. The summed E-state index contributed by atoms with van der Waals surface area (Å²) in [6, 6.07) is 13.5. The number of aryl methyl sites for hydroxylation is 2. The summed E-state index contributed by atoms with van der Waals surface area (Å²) in [6.45, 7) is 8.04. The summed E-state index contributed by atoms with van der Waals surface area (Å²) >= 11 is 13.8. The van der Waals surface area contributed by atoms with Crippen LogP contribution in [0.15, 0.2) is 52.4 Å². The molecule has 0 radical (unpaired) electrons. The molecule has 3 aromatic rings. The molecule has 1 N–H and O–H groups in total. The molecule has 7 heteroatoms. The van der Waals surface area contributed by atoms with Gasteiger partial charge in [-0.05, 0) is 92.6 Å². The number of rotatable bonds is 3. The third-order valence-electron chi connectivity index (χ3n) is 5.27. The van der Waals surface area contributed by atoms with Crippen LogP contribution in [0.2, 0.25) is 10.0 Å². The smallest absolute Gasteiger partial charge is 0.264 e. The highest BCUT2D eigenvalue weighted by Crippen LogP contribution is 2.32. The van der Waals surface area contributed by atoms with Gasteiger partial charge in [0.2, 0.25) is 0 Å². The van der Waals surface area contributed by atoms with Gasteiger partial charge in [0, 0.05) is 27.1 Å². The molecule has 0 saturated carbocycles. The monoisotopic (exact) mass is 469 g/mol. The van der Waals surface area contributed by atoms with Crippen molar-refractivity contribution in [2.24, 2.45) is 4.99 Å². The Morgan fingerprint density at radius 3 is 2.55 bits per heavy atom. The number of amidine groups is 1. The van der Waals surface area contributed by atoms with E-state index < -0.39 is 0 Å². The van der Waals surface area contributed by atoms with Crippen LogP contribution in [0.3, 0.4) is 0 Å². The Hall–Kier alpha value is -2.47. The van der Waals surface area contributed by atoms with Crippen LogP contribution in [0, 0.1) is 27.7 Å². The largest absolute Gasteiger partial charge is 0.318 e. The van der Waals surface area contributed by atoms with Gasteiger partial charge in [0.05, 0.1) is 10.6 Å². The Balaban J connectivity index is 1.66. The maximum atomic E-state index is 12.5. The molecule has 4 rings (SSSR count). The van der Waals surface area contributed by atoms with Gasteiger partial charge in [0.1, 0.15) is 0 Å². The van der Waals surface area contributed by atoms with Gasteiger partial charge in [-0.25, -0.2) is 4.99 Å². The molecule has 1 amide bonds. The highest BCUT2D eigenvalue weighted by molar-refractivity contribution is 8.18. The van der Waals surface area contributed by atoms with Crippen molar-refractivity contribution in [3.63, 3.8) is 0 Å². The second kappa shape index (κ2) is 8.58. The van der Waals surface area contributed by atoms with Crippen LogP contribution in [0.5, 0.6) is 0 Å². The molecule has 4 nitrogen and oxygen atoms in total. The summed E-state index contributed by atoms with van der Waals surface area (Å²) in [6.07, 6.45) is 1.91. The topological polar surface area (TPSA) is 46.4 Å². The molecule has 1 aliphatic rings. The van der Waals surface area contributed by atoms with E-state index in [0.29, 0.717) is 20.8 Å². The molecule has 1 saturated heterocycles. The second-order valence-corrected chi connectivity index (χ2v) is 9.31. The molecular formula is C24H21Cl2N3OS. The van der Waals surface area contributed by atoms with Crippen LogP contribution in [0.25, 0.3) is 11.8 Å². The van der Waals surface area contributed by atoms with Crippen molar-refractivity contribution in [3.05, 3.63) is 85.5 Å². The standard InChI is InChI=1S/C24H21Cl2N3OS/c1-13-8-9-18(12-20(13)26)27-24-28-23(30)22(31-24)11-17-10-14(2)29(16(17)4)21-7-5-6-19(25)15(21)3/h5-12H,1-4H3,(H,27,28,30)/b22-11-. The van der Waals surface area contributed by atoms with E-state index in [2.05, 4.69) is 20.9 Å². The Morgan fingerprint density at radius 1 is 1.03 bits per heavy atom. The van der Waals surface area contributed by atoms with E-state index >= 15 is 0 Å². The molecular weight excluding hydrogens is 449 g/mol. The van der Waals surface area contributed by atoms with Gasteiger partial charge in [0.15, 0.2) is 5.17 Å². The SMILES string of the molecule is Cc1ccc(N=C2NC(=O)/C(=C/c3cc(C)n(-c4cccc(Cl)c4C)c3C)S2)cc1Cl. The first-order chi connectivity index (χ1) is 14.7. The Kier molecular flexibility index (Phi) is 6.02. The summed E-state index contributed by atoms with van der Waals surface area (Å²) in [7, 11) is 0. The number of amides is 1. The van der Waals surface area contributed by atoms with Crippen LogP contribution >= 0.6 is 35.0 Å². The minimum atomic E-state index is -0.161. The minimum absolute atomic E-state index is 0.161. The molecule has 1 aliphatic heterocycles. The van der Waals surface area contributed by atoms with Crippen molar-refractivity contribution in [1.29, 1.82) is 0 Å². The van der Waals surface area contributed by atoms with Gasteiger partial charge < -0.3 is 9.88 Å². The number of benzene rings is 2. The normalized spacial score (nSPS) is 16.4. The molecule has 31 heavy (non-hydrogen) atoms. The first kappa shape index (κ1) is 21.8. The summed E-state index contributed by atoms with van der Waals surface area (Å²) in [4.78, 5) is 17.7. The molecule has 2 aromatic carbocycles. The van der Waals surface area contributed by atoms with Crippen LogP contribution in [-0.2, 0) is 4.79 Å². The summed E-state index contributed by atoms with van der Waals surface area (Å²) < 4.78 is 2.16. The first-order valence-corrected chi connectivity index (χ1v) is 11.3. The Bertz CT molecular complexity index is 1270. The van der Waals surface area contributed by atoms with Crippen LogP contribution in [0.1, 0.15) is 28.1 Å². The van der Waals surface area contributed by atoms with Crippen molar-refractivity contribution in [1.82, 2.24) is 9.88 Å². The quantitative estimate of drug-likeness (QED) is 0.423. The van der Waals surface area contributed by atoms with Gasteiger partial charge >= 0.3 is 0 Å². The van der Waals surface area contributed by atoms with E-state index in [9.17, 15) is 4.79 Å². The second-order valence-electron chi connectivity index (χ2n) is 7.46. The molecule has 1 fully saturated rings. The predicted octanol–water partition coefficient (Wildman–Crippen LogP) is 6.91. The molecule has 0 unspecified atom stereocenters. The van der Waals surface area contributed by atoms with Crippen molar-refractivity contribution < 1.29 is 4.79 Å². The summed E-state index contributed by atoms with van der Waals surface area (Å²) in [5.74, 6) is -0.161. The number of hydrogen-bond acceptors (Lipinski definition) is 3. The van der Waals surface area contributed by atoms with E-state index in [1.165, 1.54) is 11.8 Å². The number of carbonyl (C=O) groups is 1. The van der Waals surface area contributed by atoms with Crippen molar-refractivity contribution in [2.75, 3.05) is 0 Å². The molecule has 0 aliphatic carbocycles. The van der Waals surface area contributed by atoms with Crippen molar-refractivity contribution in [3.8, 4) is 5.69 Å². The average molecular weight is 470 g/mol. The van der Waals surface area contributed by atoms with Gasteiger partial charge in [-0.15, -0.1) is 0 Å². The third-order valence-corrected chi connectivity index (χ3v) is 7.00. The molecule has 1 aromatic heterocycles. The van der Waals surface area contributed by atoms with Crippen LogP contribution in [-0.4, -0.2) is 15.6 Å². The van der Waals surface area contributed by atoms with Gasteiger partial charge in [-0.3, -0.25) is 4.79 Å². The third kappa shape index (κ3) is 4.31. The van der Waals surface area contributed by atoms with Crippen molar-refractivity contribution >= 4 is 57.8 Å². The van der Waals surface area contributed by atoms with Crippen molar-refractivity contribution in [2.45, 2.75) is 27.7 Å². The molecule has 0 atom stereocenters. The molecule has 2 heterocycles. The summed E-state index contributed by atoms with van der Waals surface area (Å²) in [5.41, 5.74) is 6.84. The number of hydrogen-bond donors (Lipinski definition) is 1. The van der Waals surface area contributed by atoms with Crippen LogP contribution < -0.4 is 5.32 Å². The zero-order chi connectivity index (χ0) is 22.3. The number of halogens is 2. The minimum Gasteiger partial charge on any atom is -0.318 e. The lowest BCUT2D eigenvalue weighted by Crippen LogP contribution is -2.19. The van der Waals surface area contributed by atoms with E-state index in [0.717, 1.165) is 38.8 Å².